The Morgan fingerprint density at radius 1 is 1.36 bits per heavy atom. The molecule has 1 aromatic carbocycles. The first-order chi connectivity index (χ1) is 10.0. The summed E-state index contributed by atoms with van der Waals surface area (Å²) >= 11 is 0. The molecule has 1 saturated carbocycles. The number of rotatable bonds is 7. The van der Waals surface area contributed by atoms with Gasteiger partial charge in [0.1, 0.15) is 0 Å². The molecule has 0 aliphatic heterocycles. The molecule has 0 heterocycles. The molecule has 1 aliphatic rings. The normalized spacial score (nSPS) is 15.0. The van der Waals surface area contributed by atoms with E-state index in [0.717, 1.165) is 12.8 Å². The average molecular weight is 329 g/mol. The summed E-state index contributed by atoms with van der Waals surface area (Å²) in [5, 5.41) is 3.00. The highest BCUT2D eigenvalue weighted by molar-refractivity contribution is 5.95. The van der Waals surface area contributed by atoms with Crippen LogP contribution in [0.2, 0.25) is 0 Å². The maximum absolute atomic E-state index is 12.3. The molecule has 1 amide bonds. The molecule has 1 unspecified atom stereocenters. The Morgan fingerprint density at radius 2 is 2.05 bits per heavy atom. The van der Waals surface area contributed by atoms with Crippen LogP contribution >= 0.6 is 12.4 Å². The predicted octanol–water partition coefficient (Wildman–Crippen LogP) is 2.37. The van der Waals surface area contributed by atoms with Gasteiger partial charge < -0.3 is 20.5 Å². The van der Waals surface area contributed by atoms with Crippen LogP contribution in [0, 0.1) is 5.92 Å². The summed E-state index contributed by atoms with van der Waals surface area (Å²) in [6, 6.07) is 5.28. The quantitative estimate of drug-likeness (QED) is 0.806. The molecule has 0 radical (unpaired) electrons. The van der Waals surface area contributed by atoms with E-state index in [1.165, 1.54) is 0 Å². The smallest absolute Gasteiger partial charge is 0.251 e. The van der Waals surface area contributed by atoms with Gasteiger partial charge in [0.2, 0.25) is 0 Å². The predicted molar refractivity (Wildman–Crippen MR) is 89.0 cm³/mol. The maximum Gasteiger partial charge on any atom is 0.251 e. The van der Waals surface area contributed by atoms with Crippen molar-refractivity contribution < 1.29 is 14.3 Å². The lowest BCUT2D eigenvalue weighted by Crippen LogP contribution is -2.41. The largest absolute Gasteiger partial charge is 0.493 e. The Hall–Kier alpha value is -1.46. The molecule has 2 rings (SSSR count). The van der Waals surface area contributed by atoms with Crippen molar-refractivity contribution in [3.63, 3.8) is 0 Å². The summed E-state index contributed by atoms with van der Waals surface area (Å²) in [4.78, 5) is 12.3. The molecular weight excluding hydrogens is 304 g/mol. The van der Waals surface area contributed by atoms with Crippen LogP contribution in [0.4, 0.5) is 0 Å². The number of hydrogen-bond acceptors (Lipinski definition) is 4. The number of nitrogens with two attached hydrogens (primary N) is 1. The molecular formula is C16H25ClN2O3. The van der Waals surface area contributed by atoms with Gasteiger partial charge in [0.05, 0.1) is 13.2 Å². The molecule has 1 atom stereocenters. The van der Waals surface area contributed by atoms with Gasteiger partial charge in [0, 0.05) is 18.2 Å². The van der Waals surface area contributed by atoms with Crippen molar-refractivity contribution in [2.24, 2.45) is 11.7 Å². The fourth-order valence-corrected chi connectivity index (χ4v) is 2.28. The first-order valence-electron chi connectivity index (χ1n) is 7.40. The fourth-order valence-electron chi connectivity index (χ4n) is 2.28. The number of hydrogen-bond donors (Lipinski definition) is 2. The lowest BCUT2D eigenvalue weighted by molar-refractivity contribution is 0.0933. The number of carbonyl (C=O) groups is 1. The van der Waals surface area contributed by atoms with Crippen molar-refractivity contribution in [2.45, 2.75) is 38.8 Å². The average Bonchev–Trinajstić information content (AvgIpc) is 3.28. The zero-order chi connectivity index (χ0) is 15.4. The van der Waals surface area contributed by atoms with Crippen LogP contribution < -0.4 is 20.5 Å². The van der Waals surface area contributed by atoms with Crippen molar-refractivity contribution in [1.29, 1.82) is 0 Å². The minimum Gasteiger partial charge on any atom is -0.493 e. The Morgan fingerprint density at radius 3 is 2.55 bits per heavy atom. The van der Waals surface area contributed by atoms with Gasteiger partial charge in [-0.1, -0.05) is 0 Å². The highest BCUT2D eigenvalue weighted by Crippen LogP contribution is 2.33. The molecule has 1 aliphatic carbocycles. The van der Waals surface area contributed by atoms with Crippen molar-refractivity contribution >= 4 is 18.3 Å². The Balaban J connectivity index is 0.00000242. The van der Waals surface area contributed by atoms with Crippen molar-refractivity contribution in [3.8, 4) is 11.5 Å². The molecule has 0 saturated heterocycles. The van der Waals surface area contributed by atoms with E-state index < -0.39 is 0 Å². The van der Waals surface area contributed by atoms with Crippen LogP contribution in [-0.4, -0.2) is 31.7 Å². The van der Waals surface area contributed by atoms with Crippen molar-refractivity contribution in [3.05, 3.63) is 23.8 Å². The van der Waals surface area contributed by atoms with Gasteiger partial charge >= 0.3 is 0 Å². The highest BCUT2D eigenvalue weighted by atomic mass is 35.5. The lowest BCUT2D eigenvalue weighted by atomic mass is 10.1. The van der Waals surface area contributed by atoms with E-state index >= 15 is 0 Å². The summed E-state index contributed by atoms with van der Waals surface area (Å²) in [5.74, 6) is 1.62. The first-order valence-corrected chi connectivity index (χ1v) is 7.40. The van der Waals surface area contributed by atoms with Gasteiger partial charge in [-0.2, -0.15) is 0 Å². The third-order valence-corrected chi connectivity index (χ3v) is 3.55. The number of ether oxygens (including phenoxy) is 2. The molecule has 0 aromatic heterocycles. The lowest BCUT2D eigenvalue weighted by Gasteiger charge is -2.17. The van der Waals surface area contributed by atoms with Gasteiger partial charge in [0.25, 0.3) is 5.91 Å². The molecule has 0 spiro atoms. The van der Waals surface area contributed by atoms with Crippen LogP contribution in [0.1, 0.15) is 37.0 Å². The zero-order valence-corrected chi connectivity index (χ0v) is 14.1. The number of halogens is 1. The molecule has 3 N–H and O–H groups in total. The van der Waals surface area contributed by atoms with Crippen LogP contribution in [0.3, 0.4) is 0 Å². The molecule has 1 aromatic rings. The molecule has 124 valence electrons. The van der Waals surface area contributed by atoms with Crippen LogP contribution in [0.5, 0.6) is 11.5 Å². The minimum absolute atomic E-state index is 0. The number of benzene rings is 1. The van der Waals surface area contributed by atoms with E-state index in [-0.39, 0.29) is 30.5 Å². The van der Waals surface area contributed by atoms with Gasteiger partial charge in [-0.25, -0.2) is 0 Å². The van der Waals surface area contributed by atoms with E-state index in [4.69, 9.17) is 15.2 Å². The molecule has 22 heavy (non-hydrogen) atoms. The Bertz CT molecular complexity index is 504. The highest BCUT2D eigenvalue weighted by Gasteiger charge is 2.31. The molecule has 6 heteroatoms. The third-order valence-electron chi connectivity index (χ3n) is 3.55. The van der Waals surface area contributed by atoms with Gasteiger partial charge in [-0.3, -0.25) is 4.79 Å². The van der Waals surface area contributed by atoms with Gasteiger partial charge in [-0.05, 0) is 50.8 Å². The Kier molecular flexibility index (Phi) is 6.97. The number of nitrogens with one attached hydrogen (secondary N) is 1. The summed E-state index contributed by atoms with van der Waals surface area (Å²) in [7, 11) is 1.57. The van der Waals surface area contributed by atoms with E-state index in [1.807, 2.05) is 13.8 Å². The van der Waals surface area contributed by atoms with Crippen LogP contribution in [-0.2, 0) is 0 Å². The van der Waals surface area contributed by atoms with E-state index in [9.17, 15) is 4.79 Å². The second kappa shape index (κ2) is 8.25. The first kappa shape index (κ1) is 18.6. The fraction of sp³-hybridized carbons (Fsp3) is 0.562. The van der Waals surface area contributed by atoms with E-state index in [2.05, 4.69) is 5.32 Å². The number of carbonyl (C=O) groups excluding carboxylic acids is 1. The van der Waals surface area contributed by atoms with Crippen molar-refractivity contribution in [1.82, 2.24) is 5.32 Å². The van der Waals surface area contributed by atoms with Crippen molar-refractivity contribution in [2.75, 3.05) is 13.7 Å². The van der Waals surface area contributed by atoms with E-state index in [0.29, 0.717) is 29.5 Å². The van der Waals surface area contributed by atoms with Gasteiger partial charge in [-0.15, -0.1) is 12.4 Å². The maximum atomic E-state index is 12.3. The summed E-state index contributed by atoms with van der Waals surface area (Å²) in [6.45, 7) is 4.37. The summed E-state index contributed by atoms with van der Waals surface area (Å²) in [6.07, 6.45) is 2.34. The SMILES string of the molecule is COc1cc(C(=O)NC(CN)C2CC2)ccc1OC(C)C.Cl. The molecule has 0 bridgehead atoms. The summed E-state index contributed by atoms with van der Waals surface area (Å²) < 4.78 is 10.9. The third kappa shape index (κ3) is 4.78. The molecule has 5 nitrogen and oxygen atoms in total. The number of methoxy groups -OCH3 is 1. The Labute approximate surface area is 138 Å². The standard InChI is InChI=1S/C16H24N2O3.ClH/c1-10(2)21-14-7-6-12(8-15(14)20-3)16(19)18-13(9-17)11-4-5-11;/h6-8,10-11,13H,4-5,9,17H2,1-3H3,(H,18,19);1H. The zero-order valence-electron chi connectivity index (χ0n) is 13.3. The topological polar surface area (TPSA) is 73.6 Å². The molecule has 1 fully saturated rings. The number of amides is 1. The van der Waals surface area contributed by atoms with Crippen LogP contribution in [0.15, 0.2) is 18.2 Å². The van der Waals surface area contributed by atoms with Gasteiger partial charge in [0.15, 0.2) is 11.5 Å². The second-order valence-corrected chi connectivity index (χ2v) is 5.69. The van der Waals surface area contributed by atoms with Crippen LogP contribution in [0.25, 0.3) is 0 Å². The van der Waals surface area contributed by atoms with E-state index in [1.54, 1.807) is 25.3 Å². The monoisotopic (exact) mass is 328 g/mol. The minimum atomic E-state index is -0.119. The second-order valence-electron chi connectivity index (χ2n) is 5.69. The summed E-state index contributed by atoms with van der Waals surface area (Å²) in [5.41, 5.74) is 6.27.